The number of fused-ring (bicyclic) bond motifs is 1. The number of aromatic nitrogens is 4. The maximum absolute atomic E-state index is 5.49. The average molecular weight is 343 g/mol. The first-order valence-corrected chi connectivity index (χ1v) is 7.94. The van der Waals surface area contributed by atoms with Gasteiger partial charge in [-0.3, -0.25) is 0 Å². The van der Waals surface area contributed by atoms with Gasteiger partial charge in [0, 0.05) is 25.4 Å². The van der Waals surface area contributed by atoms with Gasteiger partial charge in [-0.15, -0.1) is 0 Å². The second kappa shape index (κ2) is 7.69. The molecular weight excluding hydrogens is 322 g/mol. The van der Waals surface area contributed by atoms with E-state index >= 15 is 0 Å². The topological polar surface area (TPSA) is 94.2 Å². The maximum atomic E-state index is 5.49. The highest BCUT2D eigenvalue weighted by molar-refractivity contribution is 5.96. The van der Waals surface area contributed by atoms with Crippen LogP contribution in [0.2, 0.25) is 0 Å². The lowest BCUT2D eigenvalue weighted by Crippen LogP contribution is -2.07. The maximum Gasteiger partial charge on any atom is 0.205 e. The van der Waals surface area contributed by atoms with E-state index in [4.69, 9.17) is 14.2 Å². The van der Waals surface area contributed by atoms with Crippen molar-refractivity contribution in [3.05, 3.63) is 30.6 Å². The monoisotopic (exact) mass is 343 g/mol. The molecule has 2 N–H and O–H groups in total. The number of benzene rings is 1. The second-order valence-corrected chi connectivity index (χ2v) is 5.33. The standard InChI is InChI=1S/C17H21N5O3/c1-23-12-9-11-14(16(25-3)15(12)24-2)21-10-22-17(11)20-6-4-5-13-18-7-8-19-13/h7-10H,4-6H2,1-3H3,(H,18,19)(H,20,21,22). The second-order valence-electron chi connectivity index (χ2n) is 5.33. The van der Waals surface area contributed by atoms with E-state index in [1.54, 1.807) is 27.5 Å². The SMILES string of the molecule is COc1cc2c(NCCCc3ncc[nH]3)ncnc2c(OC)c1OC. The molecule has 25 heavy (non-hydrogen) atoms. The molecule has 8 heteroatoms. The van der Waals surface area contributed by atoms with Gasteiger partial charge in [0.1, 0.15) is 23.5 Å². The van der Waals surface area contributed by atoms with E-state index in [-0.39, 0.29) is 0 Å². The van der Waals surface area contributed by atoms with Gasteiger partial charge in [0.25, 0.3) is 0 Å². The van der Waals surface area contributed by atoms with Crippen molar-refractivity contribution in [1.29, 1.82) is 0 Å². The van der Waals surface area contributed by atoms with E-state index in [0.717, 1.165) is 36.4 Å². The predicted molar refractivity (Wildman–Crippen MR) is 94.6 cm³/mol. The van der Waals surface area contributed by atoms with Crippen LogP contribution in [0.1, 0.15) is 12.2 Å². The van der Waals surface area contributed by atoms with Gasteiger partial charge in [-0.25, -0.2) is 15.0 Å². The number of anilines is 1. The highest BCUT2D eigenvalue weighted by Crippen LogP contribution is 2.43. The van der Waals surface area contributed by atoms with Crippen LogP contribution in [-0.4, -0.2) is 47.8 Å². The molecule has 132 valence electrons. The third kappa shape index (κ3) is 3.42. The molecular formula is C17H21N5O3. The van der Waals surface area contributed by atoms with Gasteiger partial charge < -0.3 is 24.5 Å². The van der Waals surface area contributed by atoms with Crippen molar-refractivity contribution in [2.45, 2.75) is 12.8 Å². The Labute approximate surface area is 145 Å². The van der Waals surface area contributed by atoms with Crippen molar-refractivity contribution in [2.75, 3.05) is 33.2 Å². The molecule has 0 bridgehead atoms. The largest absolute Gasteiger partial charge is 0.493 e. The van der Waals surface area contributed by atoms with E-state index in [1.165, 1.54) is 6.33 Å². The van der Waals surface area contributed by atoms with Crippen molar-refractivity contribution in [2.24, 2.45) is 0 Å². The molecule has 0 amide bonds. The van der Waals surface area contributed by atoms with E-state index in [0.29, 0.717) is 22.8 Å². The first kappa shape index (κ1) is 16.8. The third-order valence-electron chi connectivity index (χ3n) is 3.87. The van der Waals surface area contributed by atoms with Gasteiger partial charge in [-0.2, -0.15) is 0 Å². The normalized spacial score (nSPS) is 10.7. The van der Waals surface area contributed by atoms with Crippen LogP contribution in [0.3, 0.4) is 0 Å². The minimum Gasteiger partial charge on any atom is -0.493 e. The molecule has 0 unspecified atom stereocenters. The molecule has 0 radical (unpaired) electrons. The van der Waals surface area contributed by atoms with Crippen LogP contribution in [-0.2, 0) is 6.42 Å². The summed E-state index contributed by atoms with van der Waals surface area (Å²) in [7, 11) is 4.74. The summed E-state index contributed by atoms with van der Waals surface area (Å²) in [6.45, 7) is 0.753. The van der Waals surface area contributed by atoms with Gasteiger partial charge in [-0.1, -0.05) is 0 Å². The Kier molecular flexibility index (Phi) is 5.17. The summed E-state index contributed by atoms with van der Waals surface area (Å²) < 4.78 is 16.3. The van der Waals surface area contributed by atoms with Gasteiger partial charge in [0.2, 0.25) is 5.75 Å². The van der Waals surface area contributed by atoms with Crippen LogP contribution >= 0.6 is 0 Å². The summed E-state index contributed by atoms with van der Waals surface area (Å²) in [5.41, 5.74) is 0.670. The fourth-order valence-electron chi connectivity index (χ4n) is 2.70. The van der Waals surface area contributed by atoms with Gasteiger partial charge in [0.15, 0.2) is 11.5 Å². The van der Waals surface area contributed by atoms with Gasteiger partial charge in [0.05, 0.1) is 26.7 Å². The lowest BCUT2D eigenvalue weighted by Gasteiger charge is -2.15. The zero-order valence-corrected chi connectivity index (χ0v) is 14.5. The Morgan fingerprint density at radius 3 is 2.56 bits per heavy atom. The van der Waals surface area contributed by atoms with Crippen molar-refractivity contribution >= 4 is 16.7 Å². The number of hydrogen-bond acceptors (Lipinski definition) is 7. The Morgan fingerprint density at radius 2 is 1.88 bits per heavy atom. The summed E-state index contributed by atoms with van der Waals surface area (Å²) in [6, 6.07) is 1.85. The van der Waals surface area contributed by atoms with Crippen molar-refractivity contribution in [3.8, 4) is 17.2 Å². The molecule has 0 aliphatic heterocycles. The Bertz CT molecular complexity index is 836. The smallest absolute Gasteiger partial charge is 0.205 e. The van der Waals surface area contributed by atoms with Crippen molar-refractivity contribution < 1.29 is 14.2 Å². The Hall–Kier alpha value is -3.03. The minimum atomic E-state index is 0.514. The molecule has 3 aromatic rings. The molecule has 2 aromatic heterocycles. The molecule has 0 aliphatic carbocycles. The summed E-state index contributed by atoms with van der Waals surface area (Å²) in [6.07, 6.45) is 6.87. The molecule has 0 atom stereocenters. The molecule has 8 nitrogen and oxygen atoms in total. The fraction of sp³-hybridized carbons (Fsp3) is 0.353. The van der Waals surface area contributed by atoms with Crippen LogP contribution in [0.5, 0.6) is 17.2 Å². The first-order chi connectivity index (χ1) is 12.3. The lowest BCUT2D eigenvalue weighted by molar-refractivity contribution is 0.327. The molecule has 0 aliphatic rings. The zero-order valence-electron chi connectivity index (χ0n) is 14.5. The summed E-state index contributed by atoms with van der Waals surface area (Å²) in [4.78, 5) is 16.0. The number of rotatable bonds is 8. The van der Waals surface area contributed by atoms with E-state index in [2.05, 4.69) is 25.3 Å². The lowest BCUT2D eigenvalue weighted by atomic mass is 10.1. The minimum absolute atomic E-state index is 0.514. The molecule has 3 rings (SSSR count). The number of nitrogens with zero attached hydrogens (tertiary/aromatic N) is 3. The Morgan fingerprint density at radius 1 is 1.04 bits per heavy atom. The van der Waals surface area contributed by atoms with Gasteiger partial charge in [-0.05, 0) is 12.5 Å². The molecule has 1 aromatic carbocycles. The van der Waals surface area contributed by atoms with Crippen molar-refractivity contribution in [3.63, 3.8) is 0 Å². The van der Waals surface area contributed by atoms with Crippen LogP contribution in [0.15, 0.2) is 24.8 Å². The molecule has 0 fully saturated rings. The number of methoxy groups -OCH3 is 3. The van der Waals surface area contributed by atoms with Crippen molar-refractivity contribution in [1.82, 2.24) is 19.9 Å². The summed E-state index contributed by atoms with van der Waals surface area (Å²) >= 11 is 0. The number of aromatic amines is 1. The number of nitrogens with one attached hydrogen (secondary N) is 2. The van der Waals surface area contributed by atoms with Crippen LogP contribution in [0.4, 0.5) is 5.82 Å². The molecule has 2 heterocycles. The van der Waals surface area contributed by atoms with E-state index < -0.39 is 0 Å². The number of hydrogen-bond donors (Lipinski definition) is 2. The van der Waals surface area contributed by atoms with E-state index in [9.17, 15) is 0 Å². The zero-order chi connectivity index (χ0) is 17.6. The van der Waals surface area contributed by atoms with Gasteiger partial charge >= 0.3 is 0 Å². The average Bonchev–Trinajstić information content (AvgIpc) is 3.17. The number of imidazole rings is 1. The Balaban J connectivity index is 1.85. The first-order valence-electron chi connectivity index (χ1n) is 7.94. The number of H-pyrrole nitrogens is 1. The quantitative estimate of drug-likeness (QED) is 0.607. The highest BCUT2D eigenvalue weighted by atomic mass is 16.5. The molecule has 0 saturated heterocycles. The van der Waals surface area contributed by atoms with Crippen LogP contribution in [0.25, 0.3) is 10.9 Å². The van der Waals surface area contributed by atoms with Crippen LogP contribution in [0, 0.1) is 0 Å². The van der Waals surface area contributed by atoms with E-state index in [1.807, 2.05) is 12.3 Å². The fourth-order valence-corrected chi connectivity index (χ4v) is 2.70. The highest BCUT2D eigenvalue weighted by Gasteiger charge is 2.19. The predicted octanol–water partition coefficient (Wildman–Crippen LogP) is 2.42. The third-order valence-corrected chi connectivity index (χ3v) is 3.87. The molecule has 0 saturated carbocycles. The number of ether oxygens (including phenoxy) is 3. The summed E-state index contributed by atoms with van der Waals surface area (Å²) in [5, 5.41) is 4.16. The molecule has 0 spiro atoms. The number of aryl methyl sites for hydroxylation is 1. The summed E-state index contributed by atoms with van der Waals surface area (Å²) in [5.74, 6) is 3.31. The van der Waals surface area contributed by atoms with Crippen LogP contribution < -0.4 is 19.5 Å².